The molecular weight excluding hydrogens is 689 g/mol. The number of amides is 3. The Morgan fingerprint density at radius 2 is 1.65 bits per heavy atom. The summed E-state index contributed by atoms with van der Waals surface area (Å²) in [6, 6.07) is 16.1. The zero-order valence-electron chi connectivity index (χ0n) is 28.1. The van der Waals surface area contributed by atoms with Gasteiger partial charge >= 0.3 is 0 Å². The number of pyridine rings is 3. The van der Waals surface area contributed by atoms with Gasteiger partial charge in [-0.1, -0.05) is 0 Å². The number of aromatic nitrogens is 3. The van der Waals surface area contributed by atoms with Gasteiger partial charge in [-0.05, 0) is 86.8 Å². The fourth-order valence-electron chi connectivity index (χ4n) is 7.04. The summed E-state index contributed by atoms with van der Waals surface area (Å²) in [6.45, 7) is 5.21. The number of ether oxygens (including phenoxy) is 1. The molecule has 4 aromatic heterocycles. The predicted molar refractivity (Wildman–Crippen MR) is 193 cm³/mol. The van der Waals surface area contributed by atoms with E-state index in [0.29, 0.717) is 38.9 Å². The van der Waals surface area contributed by atoms with E-state index in [9.17, 15) is 18.8 Å². The van der Waals surface area contributed by atoms with Gasteiger partial charge in [0.1, 0.15) is 16.4 Å². The number of rotatable bonds is 6. The molecule has 3 aliphatic heterocycles. The van der Waals surface area contributed by atoms with E-state index in [1.165, 1.54) is 23.4 Å². The van der Waals surface area contributed by atoms with Gasteiger partial charge < -0.3 is 25.2 Å². The molecule has 0 saturated carbocycles. The molecule has 2 fully saturated rings. The molecule has 7 heterocycles. The van der Waals surface area contributed by atoms with E-state index in [4.69, 9.17) is 9.72 Å². The largest absolute Gasteiger partial charge is 0.381 e. The third kappa shape index (κ3) is 6.17. The Labute approximate surface area is 301 Å². The first-order valence-electron chi connectivity index (χ1n) is 16.9. The topological polar surface area (TPSA) is 130 Å². The van der Waals surface area contributed by atoms with Crippen LogP contribution < -0.4 is 20.4 Å². The highest BCUT2D eigenvalue weighted by Gasteiger charge is 2.45. The molecule has 2 N–H and O–H groups in total. The summed E-state index contributed by atoms with van der Waals surface area (Å²) in [5.41, 5.74) is 3.44. The number of aryl methyl sites for hydroxylation is 1. The maximum atomic E-state index is 15.8. The van der Waals surface area contributed by atoms with Gasteiger partial charge in [-0.3, -0.25) is 19.4 Å². The Bertz CT molecular complexity index is 2210. The Morgan fingerprint density at radius 3 is 2.42 bits per heavy atom. The molecule has 2 saturated heterocycles. The number of hydrogen-bond donors (Lipinski definition) is 2. The fourth-order valence-corrected chi connectivity index (χ4v) is 8.17. The highest BCUT2D eigenvalue weighted by atomic mass is 32.1. The molecule has 1 spiro atoms. The molecule has 0 radical (unpaired) electrons. The number of nitrogens with zero attached hydrogens (tertiary/aromatic N) is 5. The van der Waals surface area contributed by atoms with Crippen LogP contribution in [-0.4, -0.2) is 65.5 Å². The smallest absolute Gasteiger partial charge is 0.270 e. The van der Waals surface area contributed by atoms with Gasteiger partial charge in [0.25, 0.3) is 17.7 Å². The number of hydrogen-bond acceptors (Lipinski definition) is 9. The first-order chi connectivity index (χ1) is 25.2. The molecular formula is C38H33F2N7O4S. The van der Waals surface area contributed by atoms with Crippen molar-refractivity contribution in [2.45, 2.75) is 26.2 Å². The standard InChI is InChI=1S/C38H33F2N7O4S/c1-22-6-11-26(34(43-22)46-20-38(21-46)13-18-51-19-14-38)35(48)44-24-9-7-23(8-10-24)37(50)47-17-12-25-29(40)32(36(49)45-33-27(39)4-2-16-42-33)52-31(25)30-28(47)5-3-15-41-30/h2-11,15-16H,12-14,17-21H2,1H3,(H,44,48)(H,42,45,49). The van der Waals surface area contributed by atoms with Crippen LogP contribution in [0.1, 0.15) is 54.5 Å². The Balaban J connectivity index is 0.987. The van der Waals surface area contributed by atoms with E-state index in [0.717, 1.165) is 62.2 Å². The van der Waals surface area contributed by atoms with Gasteiger partial charge in [0.15, 0.2) is 17.5 Å². The molecule has 0 bridgehead atoms. The lowest BCUT2D eigenvalue weighted by molar-refractivity contribution is -0.000519. The van der Waals surface area contributed by atoms with Gasteiger partial charge in [-0.25, -0.2) is 18.7 Å². The monoisotopic (exact) mass is 721 g/mol. The molecule has 5 aromatic rings. The quantitative estimate of drug-likeness (QED) is 0.203. The summed E-state index contributed by atoms with van der Waals surface area (Å²) >= 11 is 0.890. The average molecular weight is 722 g/mol. The maximum absolute atomic E-state index is 15.8. The minimum atomic E-state index is -0.829. The third-order valence-corrected chi connectivity index (χ3v) is 11.0. The van der Waals surface area contributed by atoms with Crippen molar-refractivity contribution in [2.75, 3.05) is 53.3 Å². The number of thiophene rings is 1. The molecule has 0 aliphatic carbocycles. The van der Waals surface area contributed by atoms with Crippen LogP contribution in [0, 0.1) is 24.0 Å². The van der Waals surface area contributed by atoms with Crippen molar-refractivity contribution in [2.24, 2.45) is 5.41 Å². The van der Waals surface area contributed by atoms with Crippen LogP contribution >= 0.6 is 11.3 Å². The molecule has 0 atom stereocenters. The van der Waals surface area contributed by atoms with Crippen LogP contribution in [0.3, 0.4) is 0 Å². The summed E-state index contributed by atoms with van der Waals surface area (Å²) in [7, 11) is 0. The zero-order chi connectivity index (χ0) is 36.0. The van der Waals surface area contributed by atoms with Crippen molar-refractivity contribution in [3.05, 3.63) is 112 Å². The lowest BCUT2D eigenvalue weighted by Gasteiger charge is -2.53. The van der Waals surface area contributed by atoms with Gasteiger partial charge in [-0.15, -0.1) is 11.3 Å². The van der Waals surface area contributed by atoms with Gasteiger partial charge in [0.2, 0.25) is 0 Å². The molecule has 11 nitrogen and oxygen atoms in total. The second-order valence-corrected chi connectivity index (χ2v) is 14.3. The minimum absolute atomic E-state index is 0.109. The van der Waals surface area contributed by atoms with E-state index < -0.39 is 17.5 Å². The Kier molecular flexibility index (Phi) is 8.71. The van der Waals surface area contributed by atoms with Crippen LogP contribution in [0.2, 0.25) is 0 Å². The van der Waals surface area contributed by atoms with Crippen molar-refractivity contribution in [1.29, 1.82) is 0 Å². The van der Waals surface area contributed by atoms with Gasteiger partial charge in [-0.2, -0.15) is 0 Å². The van der Waals surface area contributed by atoms with Crippen molar-refractivity contribution < 1.29 is 27.9 Å². The van der Waals surface area contributed by atoms with Crippen molar-refractivity contribution in [3.63, 3.8) is 0 Å². The van der Waals surface area contributed by atoms with E-state index >= 15 is 4.39 Å². The number of carbonyl (C=O) groups is 3. The van der Waals surface area contributed by atoms with Crippen LogP contribution in [0.25, 0.3) is 10.6 Å². The number of halogens is 2. The van der Waals surface area contributed by atoms with Crippen molar-refractivity contribution in [3.8, 4) is 10.6 Å². The summed E-state index contributed by atoms with van der Waals surface area (Å²) in [4.78, 5) is 57.4. The summed E-state index contributed by atoms with van der Waals surface area (Å²) in [5, 5.41) is 5.29. The highest BCUT2D eigenvalue weighted by Crippen LogP contribution is 2.44. The molecule has 1 aromatic carbocycles. The first kappa shape index (κ1) is 33.5. The average Bonchev–Trinajstić information content (AvgIpc) is 3.38. The molecule has 3 amide bonds. The fraction of sp³-hybridized carbons (Fsp3) is 0.263. The third-order valence-electron chi connectivity index (χ3n) is 9.82. The number of fused-ring (bicyclic) bond motifs is 3. The van der Waals surface area contributed by atoms with Crippen LogP contribution in [0.5, 0.6) is 0 Å². The zero-order valence-corrected chi connectivity index (χ0v) is 28.9. The number of nitrogens with one attached hydrogen (secondary N) is 2. The van der Waals surface area contributed by atoms with Crippen molar-refractivity contribution >= 4 is 52.1 Å². The molecule has 264 valence electrons. The van der Waals surface area contributed by atoms with E-state index in [2.05, 4.69) is 25.5 Å². The predicted octanol–water partition coefficient (Wildman–Crippen LogP) is 6.51. The van der Waals surface area contributed by atoms with Gasteiger partial charge in [0, 0.05) is 73.2 Å². The minimum Gasteiger partial charge on any atom is -0.381 e. The normalized spacial score (nSPS) is 16.0. The molecule has 8 rings (SSSR count). The SMILES string of the molecule is Cc1ccc(C(=O)Nc2ccc(C(=O)N3CCc4c(sc(C(=O)Nc5ncccc5F)c4F)-c4ncccc43)cc2)c(N2CC3(CCOCC3)C2)n1. The summed E-state index contributed by atoms with van der Waals surface area (Å²) in [5.74, 6) is -2.59. The van der Waals surface area contributed by atoms with Crippen molar-refractivity contribution in [1.82, 2.24) is 15.0 Å². The summed E-state index contributed by atoms with van der Waals surface area (Å²) < 4.78 is 35.5. The number of carbonyl (C=O) groups excluding carboxylic acids is 3. The number of benzene rings is 1. The molecule has 0 unspecified atom stereocenters. The van der Waals surface area contributed by atoms with E-state index in [-0.39, 0.29) is 46.5 Å². The lowest BCUT2D eigenvalue weighted by atomic mass is 9.73. The lowest BCUT2D eigenvalue weighted by Crippen LogP contribution is -2.59. The second kappa shape index (κ2) is 13.5. The summed E-state index contributed by atoms with van der Waals surface area (Å²) in [6.07, 6.45) is 4.97. The van der Waals surface area contributed by atoms with E-state index in [1.54, 1.807) is 42.5 Å². The van der Waals surface area contributed by atoms with E-state index in [1.807, 2.05) is 13.0 Å². The van der Waals surface area contributed by atoms with Crippen LogP contribution in [0.15, 0.2) is 73.1 Å². The Morgan fingerprint density at radius 1 is 0.904 bits per heavy atom. The number of anilines is 4. The maximum Gasteiger partial charge on any atom is 0.270 e. The van der Waals surface area contributed by atoms with Crippen LogP contribution in [0.4, 0.5) is 31.8 Å². The Hall–Kier alpha value is -5.60. The van der Waals surface area contributed by atoms with Gasteiger partial charge in [0.05, 0.1) is 16.1 Å². The molecule has 14 heteroatoms. The molecule has 52 heavy (non-hydrogen) atoms. The highest BCUT2D eigenvalue weighted by molar-refractivity contribution is 7.17. The molecule has 3 aliphatic rings. The first-order valence-corrected chi connectivity index (χ1v) is 17.7. The second-order valence-electron chi connectivity index (χ2n) is 13.2. The van der Waals surface area contributed by atoms with Crippen LogP contribution in [-0.2, 0) is 11.2 Å².